The van der Waals surface area contributed by atoms with Crippen molar-refractivity contribution in [2.45, 2.75) is 31.8 Å². The summed E-state index contributed by atoms with van der Waals surface area (Å²) in [4.78, 5) is 37.8. The van der Waals surface area contributed by atoms with E-state index in [-0.39, 0.29) is 24.8 Å². The third-order valence-electron chi connectivity index (χ3n) is 4.45. The van der Waals surface area contributed by atoms with Gasteiger partial charge in [0.05, 0.1) is 12.2 Å². The van der Waals surface area contributed by atoms with E-state index < -0.39 is 11.6 Å². The molecule has 128 valence electrons. The van der Waals surface area contributed by atoms with Gasteiger partial charge in [-0.05, 0) is 25.5 Å². The van der Waals surface area contributed by atoms with Gasteiger partial charge in [-0.3, -0.25) is 14.4 Å². The topological polar surface area (TPSA) is 87.7 Å². The van der Waals surface area contributed by atoms with E-state index in [1.807, 2.05) is 18.2 Å². The molecule has 2 amide bonds. The van der Waals surface area contributed by atoms with Crippen molar-refractivity contribution < 1.29 is 19.1 Å². The molecule has 1 spiro atoms. The lowest BCUT2D eigenvalue weighted by Crippen LogP contribution is -2.58. The van der Waals surface area contributed by atoms with Crippen molar-refractivity contribution in [3.05, 3.63) is 29.8 Å². The molecule has 1 fully saturated rings. The second-order valence-electron chi connectivity index (χ2n) is 6.08. The average molecular weight is 331 g/mol. The maximum atomic E-state index is 12.4. The van der Waals surface area contributed by atoms with Crippen LogP contribution in [0.25, 0.3) is 0 Å². The molecule has 24 heavy (non-hydrogen) atoms. The van der Waals surface area contributed by atoms with Gasteiger partial charge < -0.3 is 20.3 Å². The van der Waals surface area contributed by atoms with Gasteiger partial charge in [0.25, 0.3) is 5.91 Å². The zero-order valence-electron chi connectivity index (χ0n) is 13.6. The lowest BCUT2D eigenvalue weighted by Gasteiger charge is -2.39. The van der Waals surface area contributed by atoms with Gasteiger partial charge >= 0.3 is 5.97 Å². The van der Waals surface area contributed by atoms with Crippen LogP contribution in [0.2, 0.25) is 0 Å². The van der Waals surface area contributed by atoms with E-state index in [1.165, 1.54) is 4.90 Å². The summed E-state index contributed by atoms with van der Waals surface area (Å²) < 4.78 is 4.92. The maximum absolute atomic E-state index is 12.4. The number of hydrogen-bond acceptors (Lipinski definition) is 5. The molecule has 0 radical (unpaired) electrons. The minimum Gasteiger partial charge on any atom is -0.465 e. The number of carbonyl (C=O) groups excluding carboxylic acids is 3. The average Bonchev–Trinajstić information content (AvgIpc) is 2.69. The number of benzene rings is 1. The van der Waals surface area contributed by atoms with Gasteiger partial charge in [-0.25, -0.2) is 0 Å². The van der Waals surface area contributed by atoms with E-state index in [1.54, 1.807) is 13.0 Å². The third kappa shape index (κ3) is 3.20. The highest BCUT2D eigenvalue weighted by Crippen LogP contribution is 2.31. The SMILES string of the molecule is CCOC(=O)CN1CC[C@]2(CCC1=O)NC(=O)c1ccccc1N2. The highest BCUT2D eigenvalue weighted by molar-refractivity contribution is 6.02. The van der Waals surface area contributed by atoms with Crippen LogP contribution >= 0.6 is 0 Å². The zero-order chi connectivity index (χ0) is 17.2. The van der Waals surface area contributed by atoms with Crippen molar-refractivity contribution in [3.63, 3.8) is 0 Å². The summed E-state index contributed by atoms with van der Waals surface area (Å²) in [7, 11) is 0. The van der Waals surface area contributed by atoms with E-state index in [0.717, 1.165) is 5.69 Å². The highest BCUT2D eigenvalue weighted by atomic mass is 16.5. The fraction of sp³-hybridized carbons (Fsp3) is 0.471. The summed E-state index contributed by atoms with van der Waals surface area (Å²) >= 11 is 0. The summed E-state index contributed by atoms with van der Waals surface area (Å²) in [5.41, 5.74) is 0.708. The Morgan fingerprint density at radius 1 is 1.25 bits per heavy atom. The zero-order valence-corrected chi connectivity index (χ0v) is 13.6. The Morgan fingerprint density at radius 3 is 2.83 bits per heavy atom. The highest BCUT2D eigenvalue weighted by Gasteiger charge is 2.40. The number of ether oxygens (including phenoxy) is 1. The first-order valence-electron chi connectivity index (χ1n) is 8.16. The first-order valence-corrected chi connectivity index (χ1v) is 8.16. The first kappa shape index (κ1) is 16.3. The lowest BCUT2D eigenvalue weighted by molar-refractivity contribution is -0.148. The molecular weight excluding hydrogens is 310 g/mol. The predicted molar refractivity (Wildman–Crippen MR) is 87.3 cm³/mol. The summed E-state index contributed by atoms with van der Waals surface area (Å²) in [6, 6.07) is 7.31. The van der Waals surface area contributed by atoms with Crippen molar-refractivity contribution >= 4 is 23.5 Å². The Hall–Kier alpha value is -2.57. The van der Waals surface area contributed by atoms with Gasteiger partial charge in [-0.2, -0.15) is 0 Å². The van der Waals surface area contributed by atoms with Crippen LogP contribution in [-0.4, -0.2) is 48.0 Å². The van der Waals surface area contributed by atoms with Gasteiger partial charge in [0, 0.05) is 25.1 Å². The summed E-state index contributed by atoms with van der Waals surface area (Å²) in [5, 5.41) is 6.38. The fourth-order valence-electron chi connectivity index (χ4n) is 3.20. The van der Waals surface area contributed by atoms with E-state index in [4.69, 9.17) is 4.74 Å². The normalized spacial score (nSPS) is 23.1. The summed E-state index contributed by atoms with van der Waals surface area (Å²) in [6.45, 7) is 2.36. The molecular formula is C17H21N3O4. The number of amides is 2. The number of esters is 1. The van der Waals surface area contributed by atoms with Crippen molar-refractivity contribution in [1.29, 1.82) is 0 Å². The molecule has 7 heteroatoms. The third-order valence-corrected chi connectivity index (χ3v) is 4.45. The number of carbonyl (C=O) groups is 3. The number of nitrogens with one attached hydrogen (secondary N) is 2. The first-order chi connectivity index (χ1) is 11.5. The molecule has 2 aliphatic heterocycles. The monoisotopic (exact) mass is 331 g/mol. The van der Waals surface area contributed by atoms with Crippen LogP contribution < -0.4 is 10.6 Å². The Bertz CT molecular complexity index is 676. The van der Waals surface area contributed by atoms with Crippen LogP contribution in [0.5, 0.6) is 0 Å². The quantitative estimate of drug-likeness (QED) is 0.810. The van der Waals surface area contributed by atoms with Gasteiger partial charge in [-0.15, -0.1) is 0 Å². The molecule has 1 saturated heterocycles. The molecule has 0 bridgehead atoms. The molecule has 7 nitrogen and oxygen atoms in total. The standard InChI is InChI=1S/C17H21N3O4/c1-2-24-15(22)11-20-10-9-17(8-7-14(20)21)18-13-6-4-3-5-12(13)16(23)19-17/h3-6,18H,2,7-11H2,1H3,(H,19,23)/t17-/m0/s1. The van der Waals surface area contributed by atoms with Gasteiger partial charge in [0.1, 0.15) is 12.2 Å². The number of fused-ring (bicyclic) bond motifs is 1. The summed E-state index contributed by atoms with van der Waals surface area (Å²) in [6.07, 6.45) is 1.26. The molecule has 1 atom stereocenters. The van der Waals surface area contributed by atoms with Gasteiger partial charge in [-0.1, -0.05) is 12.1 Å². The second-order valence-corrected chi connectivity index (χ2v) is 6.08. The van der Waals surface area contributed by atoms with Crippen LogP contribution in [0.1, 0.15) is 36.5 Å². The number of likely N-dealkylation sites (tertiary alicyclic amines) is 1. The fourth-order valence-corrected chi connectivity index (χ4v) is 3.20. The van der Waals surface area contributed by atoms with Gasteiger partial charge in [0.2, 0.25) is 5.91 Å². The Morgan fingerprint density at radius 2 is 2.04 bits per heavy atom. The lowest BCUT2D eigenvalue weighted by atomic mass is 9.95. The molecule has 0 unspecified atom stereocenters. The van der Waals surface area contributed by atoms with Crippen molar-refractivity contribution in [2.75, 3.05) is 25.0 Å². The van der Waals surface area contributed by atoms with Crippen LogP contribution in [0, 0.1) is 0 Å². The second kappa shape index (κ2) is 6.51. The van der Waals surface area contributed by atoms with Crippen molar-refractivity contribution in [2.24, 2.45) is 0 Å². The van der Waals surface area contributed by atoms with E-state index >= 15 is 0 Å². The van der Waals surface area contributed by atoms with Crippen molar-refractivity contribution in [3.8, 4) is 0 Å². The van der Waals surface area contributed by atoms with Crippen LogP contribution in [0.3, 0.4) is 0 Å². The van der Waals surface area contributed by atoms with Crippen LogP contribution in [0.4, 0.5) is 5.69 Å². The molecule has 2 heterocycles. The van der Waals surface area contributed by atoms with E-state index in [0.29, 0.717) is 31.6 Å². The Labute approximate surface area is 140 Å². The van der Waals surface area contributed by atoms with Crippen LogP contribution in [0.15, 0.2) is 24.3 Å². The number of nitrogens with zero attached hydrogens (tertiary/aromatic N) is 1. The number of anilines is 1. The van der Waals surface area contributed by atoms with E-state index in [2.05, 4.69) is 10.6 Å². The van der Waals surface area contributed by atoms with Crippen molar-refractivity contribution in [1.82, 2.24) is 10.2 Å². The number of hydrogen-bond donors (Lipinski definition) is 2. The Balaban J connectivity index is 1.74. The minimum atomic E-state index is -0.662. The van der Waals surface area contributed by atoms with Crippen LogP contribution in [-0.2, 0) is 14.3 Å². The molecule has 1 aromatic carbocycles. The summed E-state index contributed by atoms with van der Waals surface area (Å²) in [5.74, 6) is -0.654. The maximum Gasteiger partial charge on any atom is 0.325 e. The molecule has 3 rings (SSSR count). The van der Waals surface area contributed by atoms with E-state index in [9.17, 15) is 14.4 Å². The molecule has 0 aromatic heterocycles. The smallest absolute Gasteiger partial charge is 0.325 e. The largest absolute Gasteiger partial charge is 0.465 e. The minimum absolute atomic E-state index is 0.0483. The number of para-hydroxylation sites is 1. The Kier molecular flexibility index (Phi) is 4.42. The van der Waals surface area contributed by atoms with Gasteiger partial charge in [0.15, 0.2) is 0 Å². The molecule has 1 aromatic rings. The molecule has 0 aliphatic carbocycles. The number of rotatable bonds is 3. The predicted octanol–water partition coefficient (Wildman–Crippen LogP) is 1.11. The molecule has 2 N–H and O–H groups in total. The molecule has 0 saturated carbocycles. The molecule has 2 aliphatic rings.